The molecule has 0 rings (SSSR count). The standard InChI is InChI=1S/C10H20O.CH4/c1-5-7-9(8(3)4)10(11)6-2;/h5,8-11H,1,6-7H2,2-4H3;1H4/t9-,10-;/m1./s1. The van der Waals surface area contributed by atoms with E-state index in [1.165, 1.54) is 0 Å². The molecule has 0 aromatic heterocycles. The summed E-state index contributed by atoms with van der Waals surface area (Å²) < 4.78 is 0. The van der Waals surface area contributed by atoms with Gasteiger partial charge in [-0.3, -0.25) is 0 Å². The van der Waals surface area contributed by atoms with Crippen LogP contribution in [0.25, 0.3) is 0 Å². The van der Waals surface area contributed by atoms with Crippen LogP contribution in [-0.2, 0) is 0 Å². The lowest BCUT2D eigenvalue weighted by Crippen LogP contribution is -2.23. The van der Waals surface area contributed by atoms with Crippen LogP contribution in [0, 0.1) is 11.8 Å². The summed E-state index contributed by atoms with van der Waals surface area (Å²) in [5.41, 5.74) is 0. The molecule has 1 nitrogen and oxygen atoms in total. The lowest BCUT2D eigenvalue weighted by Gasteiger charge is -2.24. The van der Waals surface area contributed by atoms with Crippen molar-refractivity contribution in [3.8, 4) is 0 Å². The third-order valence-electron chi connectivity index (χ3n) is 2.21. The van der Waals surface area contributed by atoms with Crippen LogP contribution in [0.3, 0.4) is 0 Å². The van der Waals surface area contributed by atoms with Gasteiger partial charge in [-0.1, -0.05) is 34.3 Å². The molecule has 2 atom stereocenters. The molecule has 0 radical (unpaired) electrons. The van der Waals surface area contributed by atoms with Crippen molar-refractivity contribution in [2.75, 3.05) is 0 Å². The molecular weight excluding hydrogens is 148 g/mol. The fraction of sp³-hybridized carbons (Fsp3) is 0.818. The first-order valence-electron chi connectivity index (χ1n) is 4.42. The van der Waals surface area contributed by atoms with E-state index >= 15 is 0 Å². The van der Waals surface area contributed by atoms with Crippen molar-refractivity contribution in [1.82, 2.24) is 0 Å². The Morgan fingerprint density at radius 2 is 1.92 bits per heavy atom. The van der Waals surface area contributed by atoms with Crippen molar-refractivity contribution in [2.24, 2.45) is 11.8 Å². The van der Waals surface area contributed by atoms with Gasteiger partial charge in [0.2, 0.25) is 0 Å². The fourth-order valence-electron chi connectivity index (χ4n) is 1.37. The van der Waals surface area contributed by atoms with Gasteiger partial charge >= 0.3 is 0 Å². The molecule has 0 fully saturated rings. The molecule has 0 aromatic carbocycles. The zero-order chi connectivity index (χ0) is 8.85. The second-order valence-corrected chi connectivity index (χ2v) is 3.41. The van der Waals surface area contributed by atoms with Crippen molar-refractivity contribution >= 4 is 0 Å². The molecule has 0 aliphatic rings. The van der Waals surface area contributed by atoms with E-state index in [2.05, 4.69) is 20.4 Å². The van der Waals surface area contributed by atoms with Gasteiger partial charge in [0.05, 0.1) is 6.10 Å². The van der Waals surface area contributed by atoms with E-state index < -0.39 is 0 Å². The molecule has 0 aliphatic carbocycles. The first-order chi connectivity index (χ1) is 5.13. The molecule has 0 unspecified atom stereocenters. The highest BCUT2D eigenvalue weighted by Crippen LogP contribution is 2.21. The Labute approximate surface area is 77.5 Å². The molecule has 0 heterocycles. The van der Waals surface area contributed by atoms with Gasteiger partial charge < -0.3 is 5.11 Å². The van der Waals surface area contributed by atoms with Crippen LogP contribution in [0.15, 0.2) is 12.7 Å². The summed E-state index contributed by atoms with van der Waals surface area (Å²) in [6, 6.07) is 0. The van der Waals surface area contributed by atoms with Crippen molar-refractivity contribution in [3.05, 3.63) is 12.7 Å². The molecule has 1 heteroatoms. The molecule has 0 saturated carbocycles. The molecule has 0 aliphatic heterocycles. The maximum absolute atomic E-state index is 9.57. The minimum Gasteiger partial charge on any atom is -0.393 e. The predicted octanol–water partition coefficient (Wildman–Crippen LogP) is 3.24. The molecule has 0 spiro atoms. The maximum Gasteiger partial charge on any atom is 0.0571 e. The zero-order valence-electron chi connectivity index (χ0n) is 7.88. The van der Waals surface area contributed by atoms with Gasteiger partial charge in [-0.25, -0.2) is 0 Å². The van der Waals surface area contributed by atoms with Gasteiger partial charge in [0.1, 0.15) is 0 Å². The van der Waals surface area contributed by atoms with E-state index in [-0.39, 0.29) is 13.5 Å². The van der Waals surface area contributed by atoms with Gasteiger partial charge in [-0.15, -0.1) is 6.58 Å². The number of rotatable bonds is 5. The maximum atomic E-state index is 9.57. The highest BCUT2D eigenvalue weighted by Gasteiger charge is 2.19. The second-order valence-electron chi connectivity index (χ2n) is 3.41. The zero-order valence-corrected chi connectivity index (χ0v) is 7.88. The Bertz CT molecular complexity index is 108. The van der Waals surface area contributed by atoms with Gasteiger partial charge in [0, 0.05) is 0 Å². The molecule has 0 bridgehead atoms. The molecule has 12 heavy (non-hydrogen) atoms. The lowest BCUT2D eigenvalue weighted by molar-refractivity contribution is 0.0796. The van der Waals surface area contributed by atoms with Gasteiger partial charge in [0.15, 0.2) is 0 Å². The Balaban J connectivity index is 0. The van der Waals surface area contributed by atoms with Crippen LogP contribution in [0.4, 0.5) is 0 Å². The topological polar surface area (TPSA) is 20.2 Å². The molecule has 74 valence electrons. The summed E-state index contributed by atoms with van der Waals surface area (Å²) in [5, 5.41) is 9.57. The Hall–Kier alpha value is -0.300. The summed E-state index contributed by atoms with van der Waals surface area (Å²) >= 11 is 0. The Kier molecular flexibility index (Phi) is 8.73. The monoisotopic (exact) mass is 172 g/mol. The van der Waals surface area contributed by atoms with Crippen molar-refractivity contribution in [3.63, 3.8) is 0 Å². The van der Waals surface area contributed by atoms with E-state index in [1.807, 2.05) is 13.0 Å². The van der Waals surface area contributed by atoms with Crippen LogP contribution >= 0.6 is 0 Å². The number of hydrogen-bond acceptors (Lipinski definition) is 1. The average molecular weight is 172 g/mol. The highest BCUT2D eigenvalue weighted by molar-refractivity contribution is 4.79. The summed E-state index contributed by atoms with van der Waals surface area (Å²) in [6.45, 7) is 10.00. The first-order valence-corrected chi connectivity index (χ1v) is 4.42. The second kappa shape index (κ2) is 7.35. The van der Waals surface area contributed by atoms with E-state index in [0.29, 0.717) is 11.8 Å². The summed E-state index contributed by atoms with van der Waals surface area (Å²) in [6.07, 6.45) is 3.50. The van der Waals surface area contributed by atoms with E-state index in [9.17, 15) is 5.11 Å². The number of allylic oxidation sites excluding steroid dienone is 1. The van der Waals surface area contributed by atoms with Crippen LogP contribution in [0.2, 0.25) is 0 Å². The fourth-order valence-corrected chi connectivity index (χ4v) is 1.37. The normalized spacial score (nSPS) is 15.1. The minimum atomic E-state index is -0.159. The molecule has 0 amide bonds. The Morgan fingerprint density at radius 1 is 1.42 bits per heavy atom. The number of aliphatic hydroxyl groups is 1. The van der Waals surface area contributed by atoms with Crippen molar-refractivity contribution in [2.45, 2.75) is 47.1 Å². The van der Waals surface area contributed by atoms with Crippen LogP contribution in [-0.4, -0.2) is 11.2 Å². The lowest BCUT2D eigenvalue weighted by atomic mass is 9.86. The quantitative estimate of drug-likeness (QED) is 0.631. The molecule has 0 aromatic rings. The summed E-state index contributed by atoms with van der Waals surface area (Å²) in [5.74, 6) is 0.931. The number of hydrogen-bond donors (Lipinski definition) is 1. The van der Waals surface area contributed by atoms with Gasteiger partial charge in [-0.2, -0.15) is 0 Å². The van der Waals surface area contributed by atoms with Crippen LogP contribution in [0.5, 0.6) is 0 Å². The Morgan fingerprint density at radius 3 is 2.17 bits per heavy atom. The summed E-state index contributed by atoms with van der Waals surface area (Å²) in [7, 11) is 0. The molecular formula is C11H24O. The highest BCUT2D eigenvalue weighted by atomic mass is 16.3. The molecule has 0 saturated heterocycles. The minimum absolute atomic E-state index is 0. The van der Waals surface area contributed by atoms with E-state index in [1.54, 1.807) is 0 Å². The smallest absolute Gasteiger partial charge is 0.0571 e. The van der Waals surface area contributed by atoms with Crippen molar-refractivity contribution in [1.29, 1.82) is 0 Å². The largest absolute Gasteiger partial charge is 0.393 e. The van der Waals surface area contributed by atoms with Gasteiger partial charge in [-0.05, 0) is 24.7 Å². The van der Waals surface area contributed by atoms with E-state index in [4.69, 9.17) is 0 Å². The van der Waals surface area contributed by atoms with Gasteiger partial charge in [0.25, 0.3) is 0 Å². The average Bonchev–Trinajstić information content (AvgIpc) is 1.98. The predicted molar refractivity (Wildman–Crippen MR) is 56.2 cm³/mol. The van der Waals surface area contributed by atoms with Crippen LogP contribution in [0.1, 0.15) is 41.0 Å². The number of aliphatic hydroxyl groups excluding tert-OH is 1. The third-order valence-corrected chi connectivity index (χ3v) is 2.21. The molecule has 1 N–H and O–H groups in total. The van der Waals surface area contributed by atoms with Crippen LogP contribution < -0.4 is 0 Å². The van der Waals surface area contributed by atoms with E-state index in [0.717, 1.165) is 12.8 Å². The third kappa shape index (κ3) is 4.55. The SMILES string of the molecule is C.C=CC[C@H](C(C)C)[C@H](O)CC. The first kappa shape index (κ1) is 14.2. The van der Waals surface area contributed by atoms with Crippen molar-refractivity contribution < 1.29 is 5.11 Å². The summed E-state index contributed by atoms with van der Waals surface area (Å²) in [4.78, 5) is 0.